The van der Waals surface area contributed by atoms with E-state index in [1.807, 2.05) is 31.2 Å². The standard InChI is InChI=1S/C20H22N4O2/c1-13-22-11-15(12-23-13)24-20-19-6-5-18(9-14(19)7-8-21-20)26-17-4-2-3-16(25)10-17/h5-9,11-12,16-17,25H,2-4,10H2,1H3,(H,21,24)/t16-,17+/m0/s1. The number of benzene rings is 1. The Labute approximate surface area is 152 Å². The predicted octanol–water partition coefficient (Wildman–Crippen LogP) is 3.76. The highest BCUT2D eigenvalue weighted by Gasteiger charge is 2.21. The van der Waals surface area contributed by atoms with Gasteiger partial charge in [-0.2, -0.15) is 0 Å². The number of rotatable bonds is 4. The lowest BCUT2D eigenvalue weighted by atomic mass is 9.95. The number of hydrogen-bond donors (Lipinski definition) is 2. The molecule has 3 aromatic rings. The second-order valence-corrected chi connectivity index (χ2v) is 6.75. The van der Waals surface area contributed by atoms with E-state index in [1.165, 1.54) is 0 Å². The second kappa shape index (κ2) is 7.25. The van der Waals surface area contributed by atoms with Crippen LogP contribution in [0.1, 0.15) is 31.5 Å². The first kappa shape index (κ1) is 16.7. The van der Waals surface area contributed by atoms with Crippen molar-refractivity contribution in [2.75, 3.05) is 5.32 Å². The molecule has 2 atom stereocenters. The van der Waals surface area contributed by atoms with Crippen molar-refractivity contribution in [2.45, 2.75) is 44.8 Å². The Bertz CT molecular complexity index is 898. The van der Waals surface area contributed by atoms with Gasteiger partial charge in [0.25, 0.3) is 0 Å². The number of aromatic nitrogens is 3. The Morgan fingerprint density at radius 2 is 1.96 bits per heavy atom. The van der Waals surface area contributed by atoms with Crippen molar-refractivity contribution >= 4 is 22.3 Å². The lowest BCUT2D eigenvalue weighted by molar-refractivity contribution is 0.0537. The van der Waals surface area contributed by atoms with Gasteiger partial charge in [-0.15, -0.1) is 0 Å². The first-order valence-electron chi connectivity index (χ1n) is 8.96. The van der Waals surface area contributed by atoms with Crippen molar-refractivity contribution in [2.24, 2.45) is 0 Å². The van der Waals surface area contributed by atoms with E-state index in [1.54, 1.807) is 18.6 Å². The van der Waals surface area contributed by atoms with Gasteiger partial charge in [0.1, 0.15) is 23.5 Å². The molecular formula is C20H22N4O2. The van der Waals surface area contributed by atoms with E-state index < -0.39 is 0 Å². The molecule has 6 heteroatoms. The highest BCUT2D eigenvalue weighted by Crippen LogP contribution is 2.29. The lowest BCUT2D eigenvalue weighted by Gasteiger charge is -2.26. The van der Waals surface area contributed by atoms with Gasteiger partial charge in [-0.1, -0.05) is 0 Å². The van der Waals surface area contributed by atoms with E-state index in [0.717, 1.165) is 53.1 Å². The van der Waals surface area contributed by atoms with Crippen molar-refractivity contribution in [1.29, 1.82) is 0 Å². The Balaban J connectivity index is 1.56. The second-order valence-electron chi connectivity index (χ2n) is 6.75. The minimum absolute atomic E-state index is 0.0836. The van der Waals surface area contributed by atoms with Crippen LogP contribution in [0.3, 0.4) is 0 Å². The quantitative estimate of drug-likeness (QED) is 0.746. The van der Waals surface area contributed by atoms with E-state index in [9.17, 15) is 5.11 Å². The third kappa shape index (κ3) is 3.75. The molecule has 1 saturated carbocycles. The third-order valence-corrected chi connectivity index (χ3v) is 4.68. The maximum atomic E-state index is 9.82. The van der Waals surface area contributed by atoms with Gasteiger partial charge in [0.15, 0.2) is 0 Å². The molecule has 0 aliphatic heterocycles. The molecular weight excluding hydrogens is 328 g/mol. The normalized spacial score (nSPS) is 20.1. The highest BCUT2D eigenvalue weighted by molar-refractivity contribution is 5.93. The van der Waals surface area contributed by atoms with Crippen LogP contribution in [-0.2, 0) is 0 Å². The van der Waals surface area contributed by atoms with Crippen molar-refractivity contribution in [3.05, 3.63) is 48.7 Å². The van der Waals surface area contributed by atoms with E-state index in [2.05, 4.69) is 20.3 Å². The van der Waals surface area contributed by atoms with Gasteiger partial charge in [0.2, 0.25) is 0 Å². The summed E-state index contributed by atoms with van der Waals surface area (Å²) in [5.41, 5.74) is 0.798. The zero-order valence-electron chi connectivity index (χ0n) is 14.7. The molecule has 0 saturated heterocycles. The molecule has 2 N–H and O–H groups in total. The summed E-state index contributed by atoms with van der Waals surface area (Å²) >= 11 is 0. The van der Waals surface area contributed by atoms with Gasteiger partial charge in [0, 0.05) is 18.0 Å². The van der Waals surface area contributed by atoms with Crippen LogP contribution in [-0.4, -0.2) is 32.3 Å². The Morgan fingerprint density at radius 1 is 1.12 bits per heavy atom. The minimum atomic E-state index is -0.245. The lowest BCUT2D eigenvalue weighted by Crippen LogP contribution is -2.28. The first-order valence-corrected chi connectivity index (χ1v) is 8.96. The van der Waals surface area contributed by atoms with E-state index in [-0.39, 0.29) is 12.2 Å². The molecule has 134 valence electrons. The Morgan fingerprint density at radius 3 is 2.77 bits per heavy atom. The fourth-order valence-electron chi connectivity index (χ4n) is 3.34. The number of ether oxygens (including phenoxy) is 1. The molecule has 1 fully saturated rings. The van der Waals surface area contributed by atoms with Gasteiger partial charge in [-0.3, -0.25) is 0 Å². The molecule has 1 aromatic carbocycles. The molecule has 2 aromatic heterocycles. The summed E-state index contributed by atoms with van der Waals surface area (Å²) in [4.78, 5) is 12.8. The van der Waals surface area contributed by atoms with E-state index in [0.29, 0.717) is 6.42 Å². The van der Waals surface area contributed by atoms with Crippen LogP contribution in [0.5, 0.6) is 5.75 Å². The fraction of sp³-hybridized carbons (Fsp3) is 0.350. The highest BCUT2D eigenvalue weighted by atomic mass is 16.5. The van der Waals surface area contributed by atoms with Gasteiger partial charge >= 0.3 is 0 Å². The SMILES string of the molecule is Cc1ncc(Nc2nccc3cc(O[C@@H]4CCC[C@H](O)C4)ccc23)cn1. The molecule has 1 aliphatic carbocycles. The van der Waals surface area contributed by atoms with Crippen molar-refractivity contribution in [3.63, 3.8) is 0 Å². The zero-order valence-corrected chi connectivity index (χ0v) is 14.7. The van der Waals surface area contributed by atoms with Gasteiger partial charge in [-0.25, -0.2) is 15.0 Å². The molecule has 0 unspecified atom stereocenters. The van der Waals surface area contributed by atoms with Crippen LogP contribution in [0.2, 0.25) is 0 Å². The average Bonchev–Trinajstić information content (AvgIpc) is 2.64. The number of nitrogens with one attached hydrogen (secondary N) is 1. The van der Waals surface area contributed by atoms with Crippen LogP contribution < -0.4 is 10.1 Å². The molecule has 26 heavy (non-hydrogen) atoms. The van der Waals surface area contributed by atoms with Crippen LogP contribution in [0.4, 0.5) is 11.5 Å². The minimum Gasteiger partial charge on any atom is -0.490 e. The predicted molar refractivity (Wildman–Crippen MR) is 101 cm³/mol. The van der Waals surface area contributed by atoms with E-state index in [4.69, 9.17) is 4.74 Å². The monoisotopic (exact) mass is 350 g/mol. The van der Waals surface area contributed by atoms with Gasteiger partial charge < -0.3 is 15.2 Å². The maximum Gasteiger partial charge on any atom is 0.138 e. The van der Waals surface area contributed by atoms with Crippen LogP contribution in [0.25, 0.3) is 10.8 Å². The van der Waals surface area contributed by atoms with E-state index >= 15 is 0 Å². The zero-order chi connectivity index (χ0) is 17.9. The summed E-state index contributed by atoms with van der Waals surface area (Å²) in [6.07, 6.45) is 8.68. The molecule has 2 heterocycles. The molecule has 4 rings (SSSR count). The van der Waals surface area contributed by atoms with Gasteiger partial charge in [0.05, 0.1) is 24.2 Å². The molecule has 1 aliphatic rings. The van der Waals surface area contributed by atoms with Crippen LogP contribution in [0.15, 0.2) is 42.9 Å². The topological polar surface area (TPSA) is 80.2 Å². The molecule has 0 radical (unpaired) electrons. The molecule has 6 nitrogen and oxygen atoms in total. The number of pyridine rings is 1. The van der Waals surface area contributed by atoms with Crippen LogP contribution >= 0.6 is 0 Å². The number of anilines is 2. The Hall–Kier alpha value is -2.73. The largest absolute Gasteiger partial charge is 0.490 e. The number of aliphatic hydroxyl groups is 1. The van der Waals surface area contributed by atoms with Gasteiger partial charge in [-0.05, 0) is 55.8 Å². The fourth-order valence-corrected chi connectivity index (χ4v) is 3.34. The number of fused-ring (bicyclic) bond motifs is 1. The smallest absolute Gasteiger partial charge is 0.138 e. The summed E-state index contributed by atoms with van der Waals surface area (Å²) in [5.74, 6) is 2.32. The number of aliphatic hydroxyl groups excluding tert-OH is 1. The molecule has 0 amide bonds. The maximum absolute atomic E-state index is 9.82. The van der Waals surface area contributed by atoms with Crippen LogP contribution in [0, 0.1) is 6.92 Å². The Kier molecular flexibility index (Phi) is 4.67. The summed E-state index contributed by atoms with van der Waals surface area (Å²) in [6, 6.07) is 7.96. The third-order valence-electron chi connectivity index (χ3n) is 4.68. The van der Waals surface area contributed by atoms with Crippen molar-refractivity contribution in [3.8, 4) is 5.75 Å². The summed E-state index contributed by atoms with van der Waals surface area (Å²) in [7, 11) is 0. The molecule has 0 spiro atoms. The average molecular weight is 350 g/mol. The first-order chi connectivity index (χ1) is 12.7. The van der Waals surface area contributed by atoms with Crippen molar-refractivity contribution in [1.82, 2.24) is 15.0 Å². The summed E-state index contributed by atoms with van der Waals surface area (Å²) in [5, 5.41) is 15.1. The summed E-state index contributed by atoms with van der Waals surface area (Å²) in [6.45, 7) is 1.85. The van der Waals surface area contributed by atoms with Crippen molar-refractivity contribution < 1.29 is 9.84 Å². The molecule has 0 bridgehead atoms. The number of nitrogens with zero attached hydrogens (tertiary/aromatic N) is 3. The number of aryl methyl sites for hydroxylation is 1. The summed E-state index contributed by atoms with van der Waals surface area (Å²) < 4.78 is 6.08. The number of hydrogen-bond acceptors (Lipinski definition) is 6.